The monoisotopic (exact) mass is 417 g/mol. The van der Waals surface area contributed by atoms with E-state index >= 15 is 0 Å². The van der Waals surface area contributed by atoms with Crippen molar-refractivity contribution >= 4 is 29.3 Å². The lowest BCUT2D eigenvalue weighted by molar-refractivity contribution is -0.384. The van der Waals surface area contributed by atoms with E-state index in [4.69, 9.17) is 4.74 Å². The minimum absolute atomic E-state index is 0.0117. The number of nitrogens with one attached hydrogen (secondary N) is 2. The number of nitrogens with zero attached hydrogens (tertiary/aromatic N) is 1. The quantitative estimate of drug-likeness (QED) is 0.367. The standard InChI is InChI=1S/C20H23N3O5S/c1-14(2)11-12-28-17-7-3-15(4-8-17)20(25)22-21-19(24)13-29-18-9-5-16(6-10-18)23(26)27/h3-10,14H,11-13H2,1-2H3,(H,21,24)(H,22,25). The van der Waals surface area contributed by atoms with Crippen molar-refractivity contribution in [2.24, 2.45) is 5.92 Å². The molecule has 0 spiro atoms. The molecule has 9 heteroatoms. The molecule has 2 N–H and O–H groups in total. The Labute approximate surface area is 173 Å². The summed E-state index contributed by atoms with van der Waals surface area (Å²) in [7, 11) is 0. The van der Waals surface area contributed by atoms with Gasteiger partial charge in [0.2, 0.25) is 5.91 Å². The van der Waals surface area contributed by atoms with E-state index in [9.17, 15) is 19.7 Å². The number of non-ortho nitro benzene ring substituents is 1. The van der Waals surface area contributed by atoms with Gasteiger partial charge in [-0.3, -0.25) is 30.6 Å². The molecule has 0 aliphatic heterocycles. The fourth-order valence-electron chi connectivity index (χ4n) is 2.16. The summed E-state index contributed by atoms with van der Waals surface area (Å²) in [6.45, 7) is 4.86. The Balaban J connectivity index is 1.73. The average Bonchev–Trinajstić information content (AvgIpc) is 2.71. The minimum atomic E-state index is -0.485. The molecule has 0 saturated carbocycles. The number of hydrazine groups is 1. The van der Waals surface area contributed by atoms with Gasteiger partial charge in [-0.2, -0.15) is 0 Å². The van der Waals surface area contributed by atoms with E-state index in [0.29, 0.717) is 28.7 Å². The van der Waals surface area contributed by atoms with Gasteiger partial charge in [0.15, 0.2) is 0 Å². The number of carbonyl (C=O) groups excluding carboxylic acids is 2. The van der Waals surface area contributed by atoms with Gasteiger partial charge >= 0.3 is 0 Å². The van der Waals surface area contributed by atoms with E-state index < -0.39 is 16.7 Å². The predicted molar refractivity (Wildman–Crippen MR) is 111 cm³/mol. The number of nitro benzene ring substituents is 1. The zero-order valence-electron chi connectivity index (χ0n) is 16.2. The summed E-state index contributed by atoms with van der Waals surface area (Å²) in [6, 6.07) is 12.5. The Morgan fingerprint density at radius 3 is 2.31 bits per heavy atom. The maximum Gasteiger partial charge on any atom is 0.269 e. The Kier molecular flexibility index (Phi) is 8.47. The van der Waals surface area contributed by atoms with Crippen LogP contribution in [-0.4, -0.2) is 29.1 Å². The van der Waals surface area contributed by atoms with Crippen molar-refractivity contribution in [2.75, 3.05) is 12.4 Å². The topological polar surface area (TPSA) is 111 Å². The molecule has 0 bridgehead atoms. The number of thioether (sulfide) groups is 1. The molecule has 0 aliphatic rings. The van der Waals surface area contributed by atoms with Crippen molar-refractivity contribution in [2.45, 2.75) is 25.2 Å². The van der Waals surface area contributed by atoms with Gasteiger partial charge in [0.05, 0.1) is 17.3 Å². The van der Waals surface area contributed by atoms with Gasteiger partial charge in [0, 0.05) is 22.6 Å². The number of amides is 2. The molecule has 2 aromatic carbocycles. The highest BCUT2D eigenvalue weighted by Gasteiger charge is 2.09. The number of nitro groups is 1. The molecule has 8 nitrogen and oxygen atoms in total. The third kappa shape index (κ3) is 7.82. The Morgan fingerprint density at radius 2 is 1.72 bits per heavy atom. The van der Waals surface area contributed by atoms with Crippen molar-refractivity contribution in [1.82, 2.24) is 10.9 Å². The second-order valence-electron chi connectivity index (χ2n) is 6.60. The lowest BCUT2D eigenvalue weighted by Crippen LogP contribution is -2.42. The highest BCUT2D eigenvalue weighted by atomic mass is 32.2. The van der Waals surface area contributed by atoms with Crippen LogP contribution in [0.4, 0.5) is 5.69 Å². The highest BCUT2D eigenvalue weighted by molar-refractivity contribution is 8.00. The number of ether oxygens (including phenoxy) is 1. The van der Waals surface area contributed by atoms with Crippen LogP contribution < -0.4 is 15.6 Å². The van der Waals surface area contributed by atoms with Crippen LogP contribution in [0.2, 0.25) is 0 Å². The molecule has 0 saturated heterocycles. The zero-order valence-corrected chi connectivity index (χ0v) is 17.0. The first-order chi connectivity index (χ1) is 13.8. The molecule has 2 aromatic rings. The van der Waals surface area contributed by atoms with Gasteiger partial charge < -0.3 is 4.74 Å². The zero-order chi connectivity index (χ0) is 21.2. The predicted octanol–water partition coefficient (Wildman–Crippen LogP) is 3.57. The van der Waals surface area contributed by atoms with E-state index in [0.717, 1.165) is 6.42 Å². The fraction of sp³-hybridized carbons (Fsp3) is 0.300. The summed E-state index contributed by atoms with van der Waals surface area (Å²) in [5.74, 6) is 0.469. The molecule has 2 amide bonds. The Bertz CT molecular complexity index is 838. The molecule has 0 unspecified atom stereocenters. The van der Waals surface area contributed by atoms with Gasteiger partial charge in [-0.25, -0.2) is 0 Å². The molecule has 154 valence electrons. The van der Waals surface area contributed by atoms with Gasteiger partial charge in [-0.1, -0.05) is 13.8 Å². The van der Waals surface area contributed by atoms with E-state index in [2.05, 4.69) is 24.7 Å². The number of hydrogen-bond donors (Lipinski definition) is 2. The van der Waals surface area contributed by atoms with E-state index in [1.54, 1.807) is 36.4 Å². The van der Waals surface area contributed by atoms with E-state index in [-0.39, 0.29) is 11.4 Å². The van der Waals surface area contributed by atoms with Crippen LogP contribution in [0.15, 0.2) is 53.4 Å². The van der Waals surface area contributed by atoms with Gasteiger partial charge in [0.25, 0.3) is 11.6 Å². The molecule has 0 aliphatic carbocycles. The normalized spacial score (nSPS) is 10.4. The summed E-state index contributed by atoms with van der Waals surface area (Å²) < 4.78 is 5.60. The number of rotatable bonds is 9. The molecule has 0 atom stereocenters. The summed E-state index contributed by atoms with van der Waals surface area (Å²) in [5, 5.41) is 10.6. The van der Waals surface area contributed by atoms with Gasteiger partial charge in [0.1, 0.15) is 5.75 Å². The van der Waals surface area contributed by atoms with E-state index in [1.807, 2.05) is 0 Å². The first kappa shape index (κ1) is 22.2. The molecule has 29 heavy (non-hydrogen) atoms. The van der Waals surface area contributed by atoms with Crippen LogP contribution in [0.3, 0.4) is 0 Å². The first-order valence-electron chi connectivity index (χ1n) is 9.04. The third-order valence-corrected chi connectivity index (χ3v) is 4.83. The molecular weight excluding hydrogens is 394 g/mol. The molecular formula is C20H23N3O5S. The van der Waals surface area contributed by atoms with Crippen LogP contribution in [-0.2, 0) is 4.79 Å². The summed E-state index contributed by atoms with van der Waals surface area (Å²) >= 11 is 1.21. The van der Waals surface area contributed by atoms with Crippen molar-refractivity contribution in [3.63, 3.8) is 0 Å². The Morgan fingerprint density at radius 1 is 1.07 bits per heavy atom. The molecule has 0 heterocycles. The smallest absolute Gasteiger partial charge is 0.269 e. The lowest BCUT2D eigenvalue weighted by atomic mass is 10.1. The molecule has 0 fully saturated rings. The van der Waals surface area contributed by atoms with Crippen LogP contribution in [0.25, 0.3) is 0 Å². The summed E-state index contributed by atoms with van der Waals surface area (Å²) in [6.07, 6.45) is 0.951. The number of carbonyl (C=O) groups is 2. The largest absolute Gasteiger partial charge is 0.494 e. The molecule has 0 aromatic heterocycles. The van der Waals surface area contributed by atoms with Crippen LogP contribution in [0.5, 0.6) is 5.75 Å². The maximum atomic E-state index is 12.1. The van der Waals surface area contributed by atoms with Crippen molar-refractivity contribution in [1.29, 1.82) is 0 Å². The third-order valence-electron chi connectivity index (χ3n) is 3.81. The van der Waals surface area contributed by atoms with Gasteiger partial charge in [-0.05, 0) is 48.7 Å². The van der Waals surface area contributed by atoms with E-state index in [1.165, 1.54) is 23.9 Å². The number of benzene rings is 2. The minimum Gasteiger partial charge on any atom is -0.494 e. The average molecular weight is 417 g/mol. The van der Waals surface area contributed by atoms with Crippen molar-refractivity contribution < 1.29 is 19.2 Å². The second kappa shape index (κ2) is 11.1. The molecule has 0 radical (unpaired) electrons. The lowest BCUT2D eigenvalue weighted by Gasteiger charge is -2.10. The second-order valence-corrected chi connectivity index (χ2v) is 7.65. The van der Waals surface area contributed by atoms with Crippen molar-refractivity contribution in [3.8, 4) is 5.75 Å². The SMILES string of the molecule is CC(C)CCOc1ccc(C(=O)NNC(=O)CSc2ccc([N+](=O)[O-])cc2)cc1. The Hall–Kier alpha value is -3.07. The summed E-state index contributed by atoms with van der Waals surface area (Å²) in [4.78, 5) is 34.8. The molecule has 2 rings (SSSR count). The van der Waals surface area contributed by atoms with Crippen LogP contribution in [0, 0.1) is 16.0 Å². The van der Waals surface area contributed by atoms with Gasteiger partial charge in [-0.15, -0.1) is 11.8 Å². The van der Waals surface area contributed by atoms with Crippen LogP contribution >= 0.6 is 11.8 Å². The highest BCUT2D eigenvalue weighted by Crippen LogP contribution is 2.21. The first-order valence-corrected chi connectivity index (χ1v) is 10.0. The van der Waals surface area contributed by atoms with Crippen LogP contribution in [0.1, 0.15) is 30.6 Å². The fourth-order valence-corrected chi connectivity index (χ4v) is 2.86. The maximum absolute atomic E-state index is 12.1. The summed E-state index contributed by atoms with van der Waals surface area (Å²) in [5.41, 5.74) is 5.08. The van der Waals surface area contributed by atoms with Crippen molar-refractivity contribution in [3.05, 3.63) is 64.2 Å². The number of hydrogen-bond acceptors (Lipinski definition) is 6.